The maximum absolute atomic E-state index is 13.1. The number of methoxy groups -OCH3 is 1. The van der Waals surface area contributed by atoms with Gasteiger partial charge in [0.05, 0.1) is 19.4 Å². The second-order valence-corrected chi connectivity index (χ2v) is 10.4. The Kier molecular flexibility index (Phi) is 9.88. The maximum atomic E-state index is 13.1. The van der Waals surface area contributed by atoms with Crippen LogP contribution in [0.25, 0.3) is 11.1 Å². The molecule has 0 aliphatic rings. The van der Waals surface area contributed by atoms with E-state index < -0.39 is 23.9 Å². The van der Waals surface area contributed by atoms with Crippen LogP contribution in [-0.2, 0) is 9.53 Å². The minimum atomic E-state index is -0.858. The van der Waals surface area contributed by atoms with Crippen LogP contribution in [0, 0.1) is 0 Å². The number of carbonyl (C=O) groups excluding carboxylic acids is 3. The molecule has 0 spiro atoms. The van der Waals surface area contributed by atoms with E-state index in [1.165, 1.54) is 18.4 Å². The molecule has 0 aliphatic heterocycles. The summed E-state index contributed by atoms with van der Waals surface area (Å²) >= 11 is 13.3. The van der Waals surface area contributed by atoms with Crippen molar-refractivity contribution >= 4 is 63.0 Å². The van der Waals surface area contributed by atoms with E-state index in [1.54, 1.807) is 86.0 Å². The average molecular weight is 614 g/mol. The first kappa shape index (κ1) is 29.9. The van der Waals surface area contributed by atoms with Crippen molar-refractivity contribution in [3.63, 3.8) is 0 Å². The van der Waals surface area contributed by atoms with Gasteiger partial charge in [-0.15, -0.1) is 11.3 Å². The fourth-order valence-electron chi connectivity index (χ4n) is 3.83. The van der Waals surface area contributed by atoms with Crippen molar-refractivity contribution in [3.8, 4) is 22.6 Å². The number of halogens is 2. The quantitative estimate of drug-likeness (QED) is 0.179. The number of benzene rings is 3. The van der Waals surface area contributed by atoms with Crippen molar-refractivity contribution < 1.29 is 28.6 Å². The molecule has 4 aromatic rings. The molecule has 0 bridgehead atoms. The van der Waals surface area contributed by atoms with Crippen LogP contribution in [0.4, 0.5) is 10.7 Å². The fourth-order valence-corrected chi connectivity index (χ4v) is 5.08. The number of hydrogen-bond acceptors (Lipinski definition) is 7. The van der Waals surface area contributed by atoms with Crippen molar-refractivity contribution in [2.24, 2.45) is 0 Å². The van der Waals surface area contributed by atoms with Crippen LogP contribution in [0.3, 0.4) is 0 Å². The summed E-state index contributed by atoms with van der Waals surface area (Å²) in [5.41, 5.74) is 2.41. The van der Waals surface area contributed by atoms with Crippen molar-refractivity contribution in [1.82, 2.24) is 0 Å². The molecule has 212 valence electrons. The average Bonchev–Trinajstić information content (AvgIpc) is 3.37. The predicted octanol–water partition coefficient (Wildman–Crippen LogP) is 7.57. The molecule has 0 saturated carbocycles. The second-order valence-electron chi connectivity index (χ2n) is 8.65. The molecule has 0 fully saturated rings. The lowest BCUT2D eigenvalue weighted by Crippen LogP contribution is -2.30. The van der Waals surface area contributed by atoms with E-state index in [-0.39, 0.29) is 12.2 Å². The summed E-state index contributed by atoms with van der Waals surface area (Å²) in [6, 6.07) is 18.2. The third-order valence-electron chi connectivity index (χ3n) is 5.87. The van der Waals surface area contributed by atoms with Crippen molar-refractivity contribution in [3.05, 3.63) is 93.3 Å². The fraction of sp³-hybridized carbons (Fsp3) is 0.167. The number of carbonyl (C=O) groups is 3. The normalized spacial score (nSPS) is 11.3. The highest BCUT2D eigenvalue weighted by Crippen LogP contribution is 2.37. The molecule has 3 aromatic carbocycles. The Morgan fingerprint density at radius 1 is 0.927 bits per heavy atom. The first-order valence-electron chi connectivity index (χ1n) is 12.5. The molecule has 1 aromatic heterocycles. The van der Waals surface area contributed by atoms with Crippen LogP contribution >= 0.6 is 34.5 Å². The lowest BCUT2D eigenvalue weighted by Gasteiger charge is -2.16. The third kappa shape index (κ3) is 7.38. The van der Waals surface area contributed by atoms with Crippen LogP contribution in [0.5, 0.6) is 11.5 Å². The van der Waals surface area contributed by atoms with Gasteiger partial charge >= 0.3 is 5.97 Å². The zero-order valence-electron chi connectivity index (χ0n) is 22.3. The van der Waals surface area contributed by atoms with Crippen LogP contribution in [0.2, 0.25) is 10.0 Å². The van der Waals surface area contributed by atoms with Crippen LogP contribution in [-0.4, -0.2) is 37.6 Å². The van der Waals surface area contributed by atoms with Crippen molar-refractivity contribution in [2.45, 2.75) is 20.0 Å². The highest BCUT2D eigenvalue weighted by Gasteiger charge is 2.23. The lowest BCUT2D eigenvalue weighted by atomic mass is 10.0. The van der Waals surface area contributed by atoms with Crippen molar-refractivity contribution in [2.75, 3.05) is 24.4 Å². The van der Waals surface area contributed by atoms with E-state index >= 15 is 0 Å². The monoisotopic (exact) mass is 612 g/mol. The number of thiophene rings is 1. The Balaban J connectivity index is 1.45. The summed E-state index contributed by atoms with van der Waals surface area (Å²) < 4.78 is 16.3. The van der Waals surface area contributed by atoms with Gasteiger partial charge < -0.3 is 24.8 Å². The molecular weight excluding hydrogens is 587 g/mol. The zero-order valence-corrected chi connectivity index (χ0v) is 24.7. The van der Waals surface area contributed by atoms with Gasteiger partial charge in [0, 0.05) is 26.6 Å². The second kappa shape index (κ2) is 13.5. The summed E-state index contributed by atoms with van der Waals surface area (Å²) in [6.45, 7) is 3.50. The molecule has 1 heterocycles. The molecule has 11 heteroatoms. The first-order chi connectivity index (χ1) is 19.7. The largest absolute Gasteiger partial charge is 0.495 e. The Bertz CT molecular complexity index is 1550. The van der Waals surface area contributed by atoms with Crippen molar-refractivity contribution in [1.29, 1.82) is 0 Å². The third-order valence-corrected chi connectivity index (χ3v) is 7.25. The molecule has 2 amide bonds. The topological polar surface area (TPSA) is 103 Å². The van der Waals surface area contributed by atoms with Gasteiger partial charge in [-0.3, -0.25) is 9.59 Å². The molecule has 4 rings (SSSR count). The van der Waals surface area contributed by atoms with Gasteiger partial charge in [-0.2, -0.15) is 0 Å². The lowest BCUT2D eigenvalue weighted by molar-refractivity contribution is -0.122. The number of rotatable bonds is 10. The van der Waals surface area contributed by atoms with E-state index in [0.717, 1.165) is 5.56 Å². The van der Waals surface area contributed by atoms with E-state index in [1.807, 2.05) is 0 Å². The highest BCUT2D eigenvalue weighted by molar-refractivity contribution is 7.15. The number of nitrogens with one attached hydrogen (secondary N) is 2. The minimum Gasteiger partial charge on any atom is -0.495 e. The number of ether oxygens (including phenoxy) is 3. The molecule has 41 heavy (non-hydrogen) atoms. The molecule has 0 saturated heterocycles. The van der Waals surface area contributed by atoms with Crippen LogP contribution < -0.4 is 20.1 Å². The number of hydrogen-bond donors (Lipinski definition) is 2. The summed E-state index contributed by atoms with van der Waals surface area (Å²) in [6.07, 6.45) is -0.858. The smallest absolute Gasteiger partial charge is 0.341 e. The van der Waals surface area contributed by atoms with E-state index in [4.69, 9.17) is 37.4 Å². The van der Waals surface area contributed by atoms with E-state index in [9.17, 15) is 14.4 Å². The van der Waals surface area contributed by atoms with E-state index in [2.05, 4.69) is 10.6 Å². The van der Waals surface area contributed by atoms with Crippen LogP contribution in [0.1, 0.15) is 34.6 Å². The van der Waals surface area contributed by atoms with Gasteiger partial charge in [-0.1, -0.05) is 35.3 Å². The number of anilines is 2. The molecule has 0 radical (unpaired) electrons. The Morgan fingerprint density at radius 3 is 2.27 bits per heavy atom. The maximum Gasteiger partial charge on any atom is 0.341 e. The van der Waals surface area contributed by atoms with Gasteiger partial charge in [-0.25, -0.2) is 4.79 Å². The molecule has 0 aliphatic carbocycles. The van der Waals surface area contributed by atoms with Gasteiger partial charge in [0.15, 0.2) is 6.10 Å². The molecular formula is C30H26Cl2N2O6S. The SMILES string of the molecule is CCOC(=O)c1c(-c2ccc(Cl)cc2)csc1NC(=O)c1ccc(OC(C)C(=O)Nc2cc(Cl)ccc2OC)cc1. The standard InChI is InChI=1S/C30H26Cl2N2O6S/c1-4-39-30(37)26-23(18-5-9-20(31)10-6-18)16-41-29(26)34-28(36)19-7-12-22(13-8-19)40-17(2)27(35)33-24-15-21(32)11-14-25(24)38-3/h5-17H,4H2,1-3H3,(H,33,35)(H,34,36). The van der Waals surface area contributed by atoms with Gasteiger partial charge in [-0.05, 0) is 74.0 Å². The number of amides is 2. The Labute approximate surface area is 251 Å². The number of esters is 1. The summed E-state index contributed by atoms with van der Waals surface area (Å²) in [7, 11) is 1.49. The molecule has 8 nitrogen and oxygen atoms in total. The van der Waals surface area contributed by atoms with Gasteiger partial charge in [0.1, 0.15) is 22.1 Å². The molecule has 1 atom stereocenters. The zero-order chi connectivity index (χ0) is 29.5. The van der Waals surface area contributed by atoms with E-state index in [0.29, 0.717) is 43.4 Å². The van der Waals surface area contributed by atoms with Gasteiger partial charge in [0.25, 0.3) is 11.8 Å². The first-order valence-corrected chi connectivity index (χ1v) is 14.1. The summed E-state index contributed by atoms with van der Waals surface area (Å²) in [5, 5.41) is 8.71. The Hall–Kier alpha value is -4.05. The highest BCUT2D eigenvalue weighted by atomic mass is 35.5. The Morgan fingerprint density at radius 2 is 1.61 bits per heavy atom. The van der Waals surface area contributed by atoms with Gasteiger partial charge in [0.2, 0.25) is 0 Å². The molecule has 1 unspecified atom stereocenters. The summed E-state index contributed by atoms with van der Waals surface area (Å²) in [4.78, 5) is 38.6. The predicted molar refractivity (Wildman–Crippen MR) is 162 cm³/mol. The summed E-state index contributed by atoms with van der Waals surface area (Å²) in [5.74, 6) is -0.531. The minimum absolute atomic E-state index is 0.187. The van der Waals surface area contributed by atoms with Crippen LogP contribution in [0.15, 0.2) is 72.1 Å². The molecule has 2 N–H and O–H groups in total.